The number of alkyl halides is 1. The molecule has 0 saturated heterocycles. The first-order valence-electron chi connectivity index (χ1n) is 3.64. The van der Waals surface area contributed by atoms with Crippen LogP contribution in [0, 0.1) is 9.39 Å². The fraction of sp³-hybridized carbons (Fsp3) is 0.111. The number of fused-ring (bicyclic) bond motifs is 1. The molecule has 0 aliphatic heterocycles. The van der Waals surface area contributed by atoms with Crippen LogP contribution >= 0.6 is 45.5 Å². The summed E-state index contributed by atoms with van der Waals surface area (Å²) in [5.74, 6) is 0.196. The third-order valence-electron chi connectivity index (χ3n) is 1.85. The molecule has 0 atom stereocenters. The van der Waals surface area contributed by atoms with Crippen LogP contribution < -0.4 is 0 Å². The van der Waals surface area contributed by atoms with Gasteiger partial charge in [0.1, 0.15) is 5.82 Å². The third kappa shape index (κ3) is 1.57. The third-order valence-corrected chi connectivity index (χ3v) is 4.33. The van der Waals surface area contributed by atoms with Gasteiger partial charge in [0.2, 0.25) is 0 Å². The van der Waals surface area contributed by atoms with Gasteiger partial charge in [-0.3, -0.25) is 0 Å². The van der Waals surface area contributed by atoms with Crippen LogP contribution in [0.2, 0.25) is 0 Å². The first kappa shape index (κ1) is 9.68. The van der Waals surface area contributed by atoms with Gasteiger partial charge in [-0.25, -0.2) is 4.39 Å². The van der Waals surface area contributed by atoms with Gasteiger partial charge in [0.05, 0.1) is 4.70 Å². The first-order chi connectivity index (χ1) is 6.24. The molecular weight excluding hydrogens is 322 g/mol. The molecule has 0 aliphatic rings. The molecule has 4 heteroatoms. The van der Waals surface area contributed by atoms with E-state index in [1.54, 1.807) is 0 Å². The zero-order valence-electron chi connectivity index (χ0n) is 6.48. The van der Waals surface area contributed by atoms with Crippen molar-refractivity contribution in [3.63, 3.8) is 0 Å². The lowest BCUT2D eigenvalue weighted by molar-refractivity contribution is 0.640. The second kappa shape index (κ2) is 3.71. The molecule has 0 unspecified atom stereocenters. The van der Waals surface area contributed by atoms with Crippen molar-refractivity contribution in [1.82, 2.24) is 0 Å². The number of rotatable bonds is 1. The molecule has 0 nitrogen and oxygen atoms in total. The van der Waals surface area contributed by atoms with E-state index in [1.807, 2.05) is 11.4 Å². The maximum absolute atomic E-state index is 13.4. The normalized spacial score (nSPS) is 11.0. The van der Waals surface area contributed by atoms with E-state index in [0.717, 1.165) is 19.2 Å². The lowest BCUT2D eigenvalue weighted by Crippen LogP contribution is -1.87. The second-order valence-electron chi connectivity index (χ2n) is 2.63. The summed E-state index contributed by atoms with van der Waals surface area (Å²) in [5.41, 5.74) is 0.866. The summed E-state index contributed by atoms with van der Waals surface area (Å²) >= 11 is 9.34. The zero-order valence-corrected chi connectivity index (χ0v) is 10.2. The van der Waals surface area contributed by atoms with Gasteiger partial charge in [-0.15, -0.1) is 22.9 Å². The van der Waals surface area contributed by atoms with Crippen LogP contribution in [0.15, 0.2) is 17.5 Å². The Labute approximate surface area is 97.8 Å². The van der Waals surface area contributed by atoms with E-state index in [0.29, 0.717) is 5.88 Å². The van der Waals surface area contributed by atoms with Crippen LogP contribution in [0.5, 0.6) is 0 Å². The zero-order chi connectivity index (χ0) is 9.42. The van der Waals surface area contributed by atoms with Crippen LogP contribution in [0.3, 0.4) is 0 Å². The Morgan fingerprint density at radius 2 is 2.31 bits per heavy atom. The molecule has 0 saturated carbocycles. The summed E-state index contributed by atoms with van der Waals surface area (Å²) in [5, 5.41) is 2.87. The summed E-state index contributed by atoms with van der Waals surface area (Å²) < 4.78 is 15.2. The Bertz CT molecular complexity index is 452. The lowest BCUT2D eigenvalue weighted by atomic mass is 10.2. The average molecular weight is 327 g/mol. The monoisotopic (exact) mass is 326 g/mol. The van der Waals surface area contributed by atoms with Gasteiger partial charge in [0, 0.05) is 14.8 Å². The van der Waals surface area contributed by atoms with Crippen molar-refractivity contribution in [1.29, 1.82) is 0 Å². The molecule has 1 aromatic carbocycles. The Morgan fingerprint density at radius 3 is 3.00 bits per heavy atom. The van der Waals surface area contributed by atoms with Crippen molar-refractivity contribution in [3.8, 4) is 0 Å². The maximum Gasteiger partial charge on any atom is 0.141 e. The summed E-state index contributed by atoms with van der Waals surface area (Å²) in [4.78, 5) is 0. The van der Waals surface area contributed by atoms with Gasteiger partial charge < -0.3 is 0 Å². The largest absolute Gasteiger partial charge is 0.205 e. The van der Waals surface area contributed by atoms with E-state index >= 15 is 0 Å². The highest BCUT2D eigenvalue weighted by molar-refractivity contribution is 14.1. The predicted octanol–water partition coefficient (Wildman–Crippen LogP) is 4.38. The molecule has 0 radical (unpaired) electrons. The molecule has 13 heavy (non-hydrogen) atoms. The number of hydrogen-bond acceptors (Lipinski definition) is 1. The van der Waals surface area contributed by atoms with E-state index in [2.05, 4.69) is 22.6 Å². The Kier molecular flexibility index (Phi) is 2.76. The molecule has 2 aromatic rings. The van der Waals surface area contributed by atoms with Crippen LogP contribution in [-0.2, 0) is 5.88 Å². The Hall–Kier alpha value is 0.130. The highest BCUT2D eigenvalue weighted by atomic mass is 127. The lowest BCUT2D eigenvalue weighted by Gasteiger charge is -2.02. The summed E-state index contributed by atoms with van der Waals surface area (Å²) in [6.07, 6.45) is 0. The minimum Gasteiger partial charge on any atom is -0.205 e. The molecule has 0 spiro atoms. The molecule has 0 fully saturated rings. The molecule has 68 valence electrons. The van der Waals surface area contributed by atoms with Crippen molar-refractivity contribution in [2.45, 2.75) is 5.88 Å². The first-order valence-corrected chi connectivity index (χ1v) is 6.13. The second-order valence-corrected chi connectivity index (χ2v) is 4.89. The Balaban J connectivity index is 2.85. The number of benzene rings is 1. The molecule has 1 heterocycles. The van der Waals surface area contributed by atoms with Gasteiger partial charge in [0.15, 0.2) is 0 Å². The standard InChI is InChI=1S/C9H5ClFIS/c10-4-5-3-7(11)9-6(8(5)12)1-2-13-9/h1-3H,4H2. The van der Waals surface area contributed by atoms with E-state index < -0.39 is 0 Å². The highest BCUT2D eigenvalue weighted by Gasteiger charge is 2.10. The van der Waals surface area contributed by atoms with Crippen LogP contribution in [0.1, 0.15) is 5.56 Å². The van der Waals surface area contributed by atoms with Gasteiger partial charge in [-0.1, -0.05) is 0 Å². The smallest absolute Gasteiger partial charge is 0.141 e. The van der Waals surface area contributed by atoms with Gasteiger partial charge in [0.25, 0.3) is 0 Å². The maximum atomic E-state index is 13.4. The predicted molar refractivity (Wildman–Crippen MR) is 64.1 cm³/mol. The molecule has 1 aromatic heterocycles. The summed E-state index contributed by atoms with van der Waals surface area (Å²) in [7, 11) is 0. The van der Waals surface area contributed by atoms with Crippen molar-refractivity contribution in [2.24, 2.45) is 0 Å². The van der Waals surface area contributed by atoms with E-state index in [-0.39, 0.29) is 5.82 Å². The van der Waals surface area contributed by atoms with Gasteiger partial charge in [-0.2, -0.15) is 0 Å². The summed E-state index contributed by atoms with van der Waals surface area (Å²) in [6.45, 7) is 0. The summed E-state index contributed by atoms with van der Waals surface area (Å²) in [6, 6.07) is 3.45. The minimum absolute atomic E-state index is 0.166. The molecule has 2 rings (SSSR count). The molecule has 0 amide bonds. The van der Waals surface area contributed by atoms with E-state index in [1.165, 1.54) is 17.4 Å². The topological polar surface area (TPSA) is 0 Å². The van der Waals surface area contributed by atoms with Crippen molar-refractivity contribution < 1.29 is 4.39 Å². The van der Waals surface area contributed by atoms with Gasteiger partial charge in [-0.05, 0) is 45.7 Å². The average Bonchev–Trinajstić information content (AvgIpc) is 2.60. The molecule has 0 bridgehead atoms. The van der Waals surface area contributed by atoms with E-state index in [4.69, 9.17) is 11.6 Å². The van der Waals surface area contributed by atoms with Crippen LogP contribution in [0.25, 0.3) is 10.1 Å². The minimum atomic E-state index is -0.166. The van der Waals surface area contributed by atoms with Crippen LogP contribution in [-0.4, -0.2) is 0 Å². The Morgan fingerprint density at radius 1 is 1.54 bits per heavy atom. The van der Waals surface area contributed by atoms with Crippen molar-refractivity contribution in [3.05, 3.63) is 32.5 Å². The SMILES string of the molecule is Fc1cc(CCl)c(I)c2ccsc12. The van der Waals surface area contributed by atoms with E-state index in [9.17, 15) is 4.39 Å². The van der Waals surface area contributed by atoms with Crippen molar-refractivity contribution >= 4 is 55.6 Å². The van der Waals surface area contributed by atoms with Gasteiger partial charge >= 0.3 is 0 Å². The fourth-order valence-corrected chi connectivity index (χ4v) is 3.44. The quantitative estimate of drug-likeness (QED) is 0.539. The number of halogens is 3. The highest BCUT2D eigenvalue weighted by Crippen LogP contribution is 2.31. The molecular formula is C9H5ClFIS. The number of thiophene rings is 1. The van der Waals surface area contributed by atoms with Crippen LogP contribution in [0.4, 0.5) is 4.39 Å². The number of hydrogen-bond donors (Lipinski definition) is 0. The van der Waals surface area contributed by atoms with Crippen molar-refractivity contribution in [2.75, 3.05) is 0 Å². The molecule has 0 aliphatic carbocycles. The molecule has 0 N–H and O–H groups in total. The fourth-order valence-electron chi connectivity index (χ4n) is 1.22.